The Bertz CT molecular complexity index is 1300. The van der Waals surface area contributed by atoms with Gasteiger partial charge in [0, 0.05) is 26.5 Å². The summed E-state index contributed by atoms with van der Waals surface area (Å²) in [6.07, 6.45) is 1.31. The predicted molar refractivity (Wildman–Crippen MR) is 96.0 cm³/mol. The third kappa shape index (κ3) is 2.20. The Morgan fingerprint density at radius 2 is 2.08 bits per heavy atom. The van der Waals surface area contributed by atoms with E-state index < -0.39 is 12.7 Å². The summed E-state index contributed by atoms with van der Waals surface area (Å²) < 4.78 is 44.8. The van der Waals surface area contributed by atoms with Crippen LogP contribution in [0.1, 0.15) is 15.2 Å². The number of halogens is 1. The van der Waals surface area contributed by atoms with Gasteiger partial charge >= 0.3 is 0 Å². The van der Waals surface area contributed by atoms with Crippen LogP contribution >= 0.6 is 0 Å². The van der Waals surface area contributed by atoms with E-state index in [0.717, 1.165) is 21.9 Å². The van der Waals surface area contributed by atoms with Gasteiger partial charge in [-0.05, 0) is 25.4 Å². The van der Waals surface area contributed by atoms with E-state index in [2.05, 4.69) is 4.85 Å². The Labute approximate surface area is 149 Å². The highest BCUT2D eigenvalue weighted by atomic mass is 19.1. The highest BCUT2D eigenvalue weighted by Crippen LogP contribution is 2.40. The molecule has 0 spiro atoms. The second-order valence-electron chi connectivity index (χ2n) is 6.03. The third-order valence-electron chi connectivity index (χ3n) is 4.45. The van der Waals surface area contributed by atoms with Gasteiger partial charge in [-0.15, -0.1) is 0 Å². The molecule has 0 unspecified atom stereocenters. The Hall–Kier alpha value is -3.19. The fraction of sp³-hybridized carbons (Fsp3) is 0.143. The zero-order valence-corrected chi connectivity index (χ0v) is 13.7. The zero-order valence-electron chi connectivity index (χ0n) is 16.7. The van der Waals surface area contributed by atoms with Crippen LogP contribution in [0.15, 0.2) is 47.0 Å². The Morgan fingerprint density at radius 3 is 2.84 bits per heavy atom. The molecular formula is C21H16FN2O+. The first-order valence-electron chi connectivity index (χ1n) is 9.24. The summed E-state index contributed by atoms with van der Waals surface area (Å²) in [6.45, 7) is 6.73. The maximum Gasteiger partial charge on any atom is 0.229 e. The lowest BCUT2D eigenvalue weighted by molar-refractivity contribution is -0.660. The molecule has 0 bridgehead atoms. The molecule has 25 heavy (non-hydrogen) atoms. The van der Waals surface area contributed by atoms with Gasteiger partial charge in [-0.1, -0.05) is 24.3 Å². The molecule has 0 aliphatic heterocycles. The quantitative estimate of drug-likeness (QED) is 0.338. The van der Waals surface area contributed by atoms with Gasteiger partial charge in [0.2, 0.25) is 11.4 Å². The lowest BCUT2D eigenvalue weighted by Crippen LogP contribution is -2.31. The molecule has 2 heterocycles. The fourth-order valence-corrected chi connectivity index (χ4v) is 3.27. The standard InChI is InChI=1S/C21H16FN2O/c1-12-8-9-18-20(14-6-5-7-16(23-3)21(14)25-18)19(12)17-10-15(22)13(2)11-24(17)4/h5-11H,1-2,4H3/q+1/i2D3. The first-order chi connectivity index (χ1) is 13.2. The van der Waals surface area contributed by atoms with Crippen molar-refractivity contribution < 1.29 is 17.5 Å². The van der Waals surface area contributed by atoms with Crippen LogP contribution in [-0.2, 0) is 7.05 Å². The van der Waals surface area contributed by atoms with Gasteiger partial charge in [-0.3, -0.25) is 0 Å². The van der Waals surface area contributed by atoms with Crippen molar-refractivity contribution >= 4 is 27.6 Å². The first kappa shape index (κ1) is 12.2. The number of para-hydroxylation sites is 1. The van der Waals surface area contributed by atoms with Crippen molar-refractivity contribution in [3.05, 3.63) is 71.0 Å². The number of aromatic nitrogens is 1. The summed E-state index contributed by atoms with van der Waals surface area (Å²) in [5.41, 5.74) is 3.33. The minimum Gasteiger partial charge on any atom is -0.467 e. The molecule has 0 fully saturated rings. The normalized spacial score (nSPS) is 13.4. The van der Waals surface area contributed by atoms with Crippen LogP contribution in [-0.4, -0.2) is 0 Å². The summed E-state index contributed by atoms with van der Waals surface area (Å²) in [7, 11) is 1.69. The van der Waals surface area contributed by atoms with E-state index in [1.54, 1.807) is 23.7 Å². The predicted octanol–water partition coefficient (Wildman–Crippen LogP) is 5.38. The van der Waals surface area contributed by atoms with Crippen molar-refractivity contribution in [3.63, 3.8) is 0 Å². The second kappa shape index (κ2) is 5.42. The second-order valence-corrected chi connectivity index (χ2v) is 6.03. The SMILES string of the molecule is [2H]C([2H])([2H])c1c[n+](C)c(-c2c(C)ccc3oc4c([N+]#[C-])cccc4c23)cc1F. The number of rotatable bonds is 1. The summed E-state index contributed by atoms with van der Waals surface area (Å²) in [5, 5.41) is 1.54. The van der Waals surface area contributed by atoms with Crippen LogP contribution in [0, 0.1) is 26.2 Å². The highest BCUT2D eigenvalue weighted by Gasteiger charge is 2.22. The molecule has 0 radical (unpaired) electrons. The van der Waals surface area contributed by atoms with Gasteiger partial charge in [0.1, 0.15) is 24.0 Å². The van der Waals surface area contributed by atoms with Crippen molar-refractivity contribution in [2.24, 2.45) is 7.05 Å². The molecule has 4 aromatic rings. The number of fused-ring (bicyclic) bond motifs is 3. The minimum atomic E-state index is -2.53. The van der Waals surface area contributed by atoms with E-state index in [1.807, 2.05) is 25.1 Å². The molecule has 0 atom stereocenters. The van der Waals surface area contributed by atoms with Crippen LogP contribution in [0.3, 0.4) is 0 Å². The molecule has 3 nitrogen and oxygen atoms in total. The molecule has 0 aliphatic carbocycles. The lowest BCUT2D eigenvalue weighted by Gasteiger charge is -2.07. The van der Waals surface area contributed by atoms with Crippen molar-refractivity contribution in [3.8, 4) is 11.3 Å². The topological polar surface area (TPSA) is 21.4 Å². The fourth-order valence-electron chi connectivity index (χ4n) is 3.27. The summed E-state index contributed by atoms with van der Waals surface area (Å²) >= 11 is 0. The summed E-state index contributed by atoms with van der Waals surface area (Å²) in [4.78, 5) is 3.52. The Morgan fingerprint density at radius 1 is 1.24 bits per heavy atom. The highest BCUT2D eigenvalue weighted by molar-refractivity contribution is 6.15. The van der Waals surface area contributed by atoms with Crippen LogP contribution < -0.4 is 4.57 Å². The maximum absolute atomic E-state index is 14.7. The van der Waals surface area contributed by atoms with Crippen LogP contribution in [0.4, 0.5) is 10.1 Å². The van der Waals surface area contributed by atoms with Gasteiger partial charge in [0.15, 0.2) is 6.20 Å². The van der Waals surface area contributed by atoms with Crippen molar-refractivity contribution in [2.75, 3.05) is 0 Å². The number of hydrogen-bond donors (Lipinski definition) is 0. The van der Waals surface area contributed by atoms with E-state index in [-0.39, 0.29) is 5.56 Å². The number of hydrogen-bond acceptors (Lipinski definition) is 1. The van der Waals surface area contributed by atoms with Crippen LogP contribution in [0.2, 0.25) is 0 Å². The van der Waals surface area contributed by atoms with E-state index in [1.165, 1.54) is 12.3 Å². The van der Waals surface area contributed by atoms with Crippen molar-refractivity contribution in [1.82, 2.24) is 0 Å². The van der Waals surface area contributed by atoms with Crippen molar-refractivity contribution in [1.29, 1.82) is 0 Å². The molecule has 2 aromatic heterocycles. The van der Waals surface area contributed by atoms with Gasteiger partial charge in [-0.25, -0.2) is 13.8 Å². The molecule has 0 saturated heterocycles. The molecule has 0 saturated carbocycles. The molecule has 0 N–H and O–H groups in total. The molecule has 4 rings (SSSR count). The molecule has 0 aliphatic rings. The summed E-state index contributed by atoms with van der Waals surface area (Å²) in [5.74, 6) is -0.779. The molecule has 122 valence electrons. The maximum atomic E-state index is 14.7. The van der Waals surface area contributed by atoms with Gasteiger partial charge in [0.25, 0.3) is 0 Å². The van der Waals surface area contributed by atoms with Gasteiger partial charge in [0.05, 0.1) is 12.1 Å². The average molecular weight is 334 g/mol. The van der Waals surface area contributed by atoms with E-state index in [9.17, 15) is 4.39 Å². The number of benzene rings is 2. The number of aryl methyl sites for hydroxylation is 3. The summed E-state index contributed by atoms with van der Waals surface area (Å²) in [6, 6.07) is 10.3. The molecular weight excluding hydrogens is 315 g/mol. The third-order valence-corrected chi connectivity index (χ3v) is 4.45. The number of furan rings is 1. The van der Waals surface area contributed by atoms with Gasteiger partial charge < -0.3 is 4.42 Å². The Balaban J connectivity index is 2.12. The lowest BCUT2D eigenvalue weighted by atomic mass is 9.97. The number of nitrogens with zero attached hydrogens (tertiary/aromatic N) is 2. The van der Waals surface area contributed by atoms with Crippen LogP contribution in [0.5, 0.6) is 0 Å². The minimum absolute atomic E-state index is 0.323. The smallest absolute Gasteiger partial charge is 0.229 e. The van der Waals surface area contributed by atoms with E-state index in [0.29, 0.717) is 22.5 Å². The monoisotopic (exact) mass is 334 g/mol. The van der Waals surface area contributed by atoms with Gasteiger partial charge in [-0.2, -0.15) is 0 Å². The molecule has 4 heteroatoms. The van der Waals surface area contributed by atoms with Crippen molar-refractivity contribution in [2.45, 2.75) is 13.8 Å². The largest absolute Gasteiger partial charge is 0.467 e. The average Bonchev–Trinajstić information content (AvgIpc) is 3.01. The first-order valence-corrected chi connectivity index (χ1v) is 7.74. The Kier molecular flexibility index (Phi) is 2.65. The zero-order chi connectivity index (χ0) is 20.2. The van der Waals surface area contributed by atoms with Crippen LogP contribution in [0.25, 0.3) is 38.0 Å². The van der Waals surface area contributed by atoms with E-state index in [4.69, 9.17) is 15.1 Å². The molecule has 0 amide bonds. The number of pyridine rings is 1. The molecule has 2 aromatic carbocycles. The van der Waals surface area contributed by atoms with E-state index >= 15 is 0 Å².